The van der Waals surface area contributed by atoms with Crippen molar-refractivity contribution in [2.45, 2.75) is 13.8 Å². The molecule has 0 radical (unpaired) electrons. The van der Waals surface area contributed by atoms with E-state index in [9.17, 15) is 9.59 Å². The third-order valence-electron chi connectivity index (χ3n) is 4.23. The van der Waals surface area contributed by atoms with Crippen molar-refractivity contribution in [3.8, 4) is 11.5 Å². The molecule has 0 aliphatic carbocycles. The highest BCUT2D eigenvalue weighted by atomic mass is 16.5. The molecule has 0 saturated carbocycles. The molecule has 0 saturated heterocycles. The van der Waals surface area contributed by atoms with Gasteiger partial charge in [0.25, 0.3) is 5.91 Å². The van der Waals surface area contributed by atoms with E-state index in [0.717, 1.165) is 16.7 Å². The zero-order chi connectivity index (χ0) is 21.3. The van der Waals surface area contributed by atoms with Gasteiger partial charge in [0.1, 0.15) is 11.5 Å². The van der Waals surface area contributed by atoms with Crippen LogP contribution in [0, 0.1) is 13.8 Å². The summed E-state index contributed by atoms with van der Waals surface area (Å²) in [7, 11) is 0. The summed E-state index contributed by atoms with van der Waals surface area (Å²) in [4.78, 5) is 24.0. The van der Waals surface area contributed by atoms with Gasteiger partial charge in [0.2, 0.25) is 0 Å². The molecule has 0 bridgehead atoms. The van der Waals surface area contributed by atoms with Crippen molar-refractivity contribution in [2.24, 2.45) is 5.10 Å². The van der Waals surface area contributed by atoms with E-state index in [1.807, 2.05) is 44.2 Å². The molecule has 0 unspecified atom stereocenters. The molecule has 3 rings (SSSR count). The number of para-hydroxylation sites is 1. The van der Waals surface area contributed by atoms with Crippen LogP contribution in [0.3, 0.4) is 0 Å². The van der Waals surface area contributed by atoms with E-state index in [4.69, 9.17) is 9.47 Å². The van der Waals surface area contributed by atoms with Crippen LogP contribution in [0.2, 0.25) is 0 Å². The minimum atomic E-state index is -0.419. The molecule has 0 aromatic heterocycles. The summed E-state index contributed by atoms with van der Waals surface area (Å²) in [6.07, 6.45) is 1.50. The van der Waals surface area contributed by atoms with E-state index in [0.29, 0.717) is 17.1 Å². The lowest BCUT2D eigenvalue weighted by molar-refractivity contribution is -0.123. The lowest BCUT2D eigenvalue weighted by Crippen LogP contribution is -2.24. The molecule has 1 amide bonds. The maximum atomic E-state index is 12.1. The van der Waals surface area contributed by atoms with Crippen molar-refractivity contribution < 1.29 is 19.1 Å². The van der Waals surface area contributed by atoms with Crippen LogP contribution in [-0.4, -0.2) is 24.7 Å². The van der Waals surface area contributed by atoms with Crippen LogP contribution >= 0.6 is 0 Å². The molecule has 6 heteroatoms. The number of hydrogen-bond acceptors (Lipinski definition) is 5. The number of esters is 1. The predicted octanol–water partition coefficient (Wildman–Crippen LogP) is 4.05. The molecule has 3 aromatic carbocycles. The van der Waals surface area contributed by atoms with Crippen LogP contribution in [0.5, 0.6) is 11.5 Å². The first kappa shape index (κ1) is 20.8. The third kappa shape index (κ3) is 6.04. The number of carbonyl (C=O) groups is 2. The summed E-state index contributed by atoms with van der Waals surface area (Å²) in [5, 5.41) is 3.91. The Morgan fingerprint density at radius 1 is 0.933 bits per heavy atom. The van der Waals surface area contributed by atoms with Gasteiger partial charge in [0.05, 0.1) is 11.8 Å². The number of carbonyl (C=O) groups excluding carboxylic acids is 2. The Labute approximate surface area is 175 Å². The molecule has 6 nitrogen and oxygen atoms in total. The van der Waals surface area contributed by atoms with Gasteiger partial charge in [-0.1, -0.05) is 35.9 Å². The number of benzene rings is 3. The average molecular weight is 402 g/mol. The molecule has 0 aliphatic rings. The van der Waals surface area contributed by atoms with Gasteiger partial charge in [0, 0.05) is 0 Å². The number of nitrogens with zero attached hydrogens (tertiary/aromatic N) is 1. The summed E-state index contributed by atoms with van der Waals surface area (Å²) in [5.41, 5.74) is 5.67. The first-order chi connectivity index (χ1) is 14.5. The molecular formula is C24H22N2O4. The van der Waals surface area contributed by atoms with Crippen LogP contribution in [0.1, 0.15) is 27.0 Å². The Morgan fingerprint density at radius 3 is 2.33 bits per heavy atom. The standard InChI is InChI=1S/C24H22N2O4/c1-17-7-11-20(12-8-17)24(28)30-21-13-9-19(10-14-21)15-25-26-23(27)16-29-22-6-4-3-5-18(22)2/h3-15H,16H2,1-2H3,(H,26,27)/b25-15-. The van der Waals surface area contributed by atoms with Crippen molar-refractivity contribution in [3.63, 3.8) is 0 Å². The van der Waals surface area contributed by atoms with Gasteiger partial charge >= 0.3 is 5.97 Å². The molecule has 0 aliphatic heterocycles. The zero-order valence-corrected chi connectivity index (χ0v) is 16.8. The lowest BCUT2D eigenvalue weighted by atomic mass is 10.1. The minimum absolute atomic E-state index is 0.129. The average Bonchev–Trinajstić information content (AvgIpc) is 2.75. The Bertz CT molecular complexity index is 1040. The Balaban J connectivity index is 1.47. The lowest BCUT2D eigenvalue weighted by Gasteiger charge is -2.07. The summed E-state index contributed by atoms with van der Waals surface area (Å²) >= 11 is 0. The van der Waals surface area contributed by atoms with Gasteiger partial charge < -0.3 is 9.47 Å². The molecule has 30 heavy (non-hydrogen) atoms. The van der Waals surface area contributed by atoms with Gasteiger partial charge in [-0.15, -0.1) is 0 Å². The number of aryl methyl sites for hydroxylation is 2. The molecule has 0 heterocycles. The predicted molar refractivity (Wildman–Crippen MR) is 115 cm³/mol. The first-order valence-electron chi connectivity index (χ1n) is 9.40. The fourth-order valence-corrected chi connectivity index (χ4v) is 2.55. The van der Waals surface area contributed by atoms with E-state index in [-0.39, 0.29) is 12.5 Å². The van der Waals surface area contributed by atoms with Crippen molar-refractivity contribution in [3.05, 3.63) is 95.1 Å². The van der Waals surface area contributed by atoms with Gasteiger partial charge in [-0.05, 0) is 67.4 Å². The van der Waals surface area contributed by atoms with E-state index in [1.54, 1.807) is 42.5 Å². The van der Waals surface area contributed by atoms with E-state index < -0.39 is 5.97 Å². The van der Waals surface area contributed by atoms with E-state index >= 15 is 0 Å². The normalized spacial score (nSPS) is 10.6. The molecule has 3 aromatic rings. The quantitative estimate of drug-likeness (QED) is 0.280. The fraction of sp³-hybridized carbons (Fsp3) is 0.125. The van der Waals surface area contributed by atoms with Crippen LogP contribution < -0.4 is 14.9 Å². The highest BCUT2D eigenvalue weighted by molar-refractivity contribution is 5.91. The molecule has 152 valence electrons. The summed E-state index contributed by atoms with van der Waals surface area (Å²) in [6.45, 7) is 3.73. The van der Waals surface area contributed by atoms with Gasteiger partial charge in [-0.2, -0.15) is 5.10 Å². The SMILES string of the molecule is Cc1ccc(C(=O)Oc2ccc(/C=N\NC(=O)COc3ccccc3C)cc2)cc1. The smallest absolute Gasteiger partial charge is 0.343 e. The Morgan fingerprint density at radius 2 is 1.63 bits per heavy atom. The Kier molecular flexibility index (Phi) is 6.95. The molecular weight excluding hydrogens is 380 g/mol. The van der Waals surface area contributed by atoms with Crippen molar-refractivity contribution in [1.82, 2.24) is 5.43 Å². The van der Waals surface area contributed by atoms with Gasteiger partial charge in [0.15, 0.2) is 6.61 Å². The third-order valence-corrected chi connectivity index (χ3v) is 4.23. The van der Waals surface area contributed by atoms with E-state index in [1.165, 1.54) is 6.21 Å². The minimum Gasteiger partial charge on any atom is -0.483 e. The van der Waals surface area contributed by atoms with Crippen LogP contribution in [-0.2, 0) is 4.79 Å². The number of hydrazone groups is 1. The topological polar surface area (TPSA) is 77.0 Å². The number of rotatable bonds is 7. The number of nitrogens with one attached hydrogen (secondary N) is 1. The monoisotopic (exact) mass is 402 g/mol. The Hall–Kier alpha value is -3.93. The van der Waals surface area contributed by atoms with Crippen molar-refractivity contribution in [1.29, 1.82) is 0 Å². The maximum absolute atomic E-state index is 12.1. The second kappa shape index (κ2) is 10.0. The van der Waals surface area contributed by atoms with Crippen LogP contribution in [0.4, 0.5) is 0 Å². The molecule has 0 atom stereocenters. The van der Waals surface area contributed by atoms with Gasteiger partial charge in [-0.25, -0.2) is 10.2 Å². The fourth-order valence-electron chi connectivity index (χ4n) is 2.55. The van der Waals surface area contributed by atoms with Crippen molar-refractivity contribution in [2.75, 3.05) is 6.61 Å². The van der Waals surface area contributed by atoms with Crippen LogP contribution in [0.15, 0.2) is 77.9 Å². The van der Waals surface area contributed by atoms with Crippen molar-refractivity contribution >= 4 is 18.1 Å². The molecule has 0 spiro atoms. The summed E-state index contributed by atoms with van der Waals surface area (Å²) in [6, 6.07) is 21.4. The molecule has 1 N–H and O–H groups in total. The second-order valence-electron chi connectivity index (χ2n) is 6.67. The van der Waals surface area contributed by atoms with Crippen LogP contribution in [0.25, 0.3) is 0 Å². The molecule has 0 fully saturated rings. The first-order valence-corrected chi connectivity index (χ1v) is 9.40. The highest BCUT2D eigenvalue weighted by Crippen LogP contribution is 2.16. The van der Waals surface area contributed by atoms with Gasteiger partial charge in [-0.3, -0.25) is 4.79 Å². The zero-order valence-electron chi connectivity index (χ0n) is 16.8. The number of ether oxygens (including phenoxy) is 2. The maximum Gasteiger partial charge on any atom is 0.343 e. The highest BCUT2D eigenvalue weighted by Gasteiger charge is 2.08. The summed E-state index contributed by atoms with van der Waals surface area (Å²) < 4.78 is 10.8. The summed E-state index contributed by atoms with van der Waals surface area (Å²) in [5.74, 6) is 0.302. The largest absolute Gasteiger partial charge is 0.483 e. The van der Waals surface area contributed by atoms with E-state index in [2.05, 4.69) is 10.5 Å². The number of amides is 1. The number of hydrogen-bond donors (Lipinski definition) is 1. The second-order valence-corrected chi connectivity index (χ2v) is 6.67.